The summed E-state index contributed by atoms with van der Waals surface area (Å²) in [6.07, 6.45) is 4.15. The Labute approximate surface area is 284 Å². The summed E-state index contributed by atoms with van der Waals surface area (Å²) in [5.74, 6) is -0.430. The predicted octanol–water partition coefficient (Wildman–Crippen LogP) is 6.51. The molecule has 48 heavy (non-hydrogen) atoms. The highest BCUT2D eigenvalue weighted by molar-refractivity contribution is 7.92. The van der Waals surface area contributed by atoms with E-state index in [0.29, 0.717) is 5.75 Å². The molecule has 0 aliphatic heterocycles. The normalized spacial score (nSPS) is 13.9. The third-order valence-corrected chi connectivity index (χ3v) is 10.7. The van der Waals surface area contributed by atoms with Crippen LogP contribution in [-0.2, 0) is 32.6 Å². The number of nitrogens with one attached hydrogen (secondary N) is 1. The average Bonchev–Trinajstić information content (AvgIpc) is 3.58. The zero-order valence-electron chi connectivity index (χ0n) is 28.2. The molecule has 0 unspecified atom stereocenters. The molecule has 0 radical (unpaired) electrons. The van der Waals surface area contributed by atoms with Crippen LogP contribution in [0.5, 0.6) is 5.75 Å². The number of benzene rings is 4. The van der Waals surface area contributed by atoms with Crippen LogP contribution in [0.1, 0.15) is 53.5 Å². The molecule has 0 heterocycles. The van der Waals surface area contributed by atoms with E-state index in [1.807, 2.05) is 81.4 Å². The quantitative estimate of drug-likeness (QED) is 0.175. The van der Waals surface area contributed by atoms with Crippen molar-refractivity contribution in [1.29, 1.82) is 0 Å². The molecule has 0 aromatic heterocycles. The molecule has 1 saturated carbocycles. The van der Waals surface area contributed by atoms with Crippen LogP contribution in [0, 0.1) is 20.8 Å². The van der Waals surface area contributed by atoms with Gasteiger partial charge in [0.1, 0.15) is 18.3 Å². The number of rotatable bonds is 13. The van der Waals surface area contributed by atoms with E-state index < -0.39 is 28.5 Å². The highest BCUT2D eigenvalue weighted by Gasteiger charge is 2.36. The number of aryl methyl sites for hydroxylation is 3. The van der Waals surface area contributed by atoms with Crippen LogP contribution in [0.15, 0.2) is 102 Å². The number of nitrogens with zero attached hydrogens (tertiary/aromatic N) is 2. The summed E-state index contributed by atoms with van der Waals surface area (Å²) in [5, 5.41) is 3.22. The molecule has 8 nitrogen and oxygen atoms in total. The van der Waals surface area contributed by atoms with E-state index >= 15 is 0 Å². The lowest BCUT2D eigenvalue weighted by Crippen LogP contribution is -2.54. The fraction of sp³-hybridized carbons (Fsp3) is 0.333. The Bertz CT molecular complexity index is 1820. The Kier molecular flexibility index (Phi) is 11.2. The van der Waals surface area contributed by atoms with E-state index in [1.165, 1.54) is 7.11 Å². The Morgan fingerprint density at radius 2 is 1.46 bits per heavy atom. The standard InChI is InChI=1S/C39H45N3O5S/c1-28-17-20-34(21-18-28)48(45,46)42(35-24-30(3)19-22-37(35)47-4)27-38(43)41(26-32-14-10-11-29(2)23-32)36(25-31-12-6-5-7-13-31)39(44)40-33-15-8-9-16-33/h5-7,10-14,17-24,33,36H,8-9,15-16,25-27H2,1-4H3,(H,40,44)/t36-/m0/s1. The number of sulfonamides is 1. The third-order valence-electron chi connectivity index (χ3n) is 8.90. The number of anilines is 1. The second-order valence-corrected chi connectivity index (χ2v) is 14.6. The minimum atomic E-state index is -4.25. The van der Waals surface area contributed by atoms with Crippen LogP contribution in [0.2, 0.25) is 0 Å². The monoisotopic (exact) mass is 667 g/mol. The maximum absolute atomic E-state index is 14.8. The van der Waals surface area contributed by atoms with Gasteiger partial charge < -0.3 is 15.0 Å². The van der Waals surface area contributed by atoms with Crippen molar-refractivity contribution in [3.05, 3.63) is 125 Å². The van der Waals surface area contributed by atoms with Crippen molar-refractivity contribution in [1.82, 2.24) is 10.2 Å². The van der Waals surface area contributed by atoms with Crippen molar-refractivity contribution >= 4 is 27.5 Å². The number of carbonyl (C=O) groups excluding carboxylic acids is 2. The minimum absolute atomic E-state index is 0.0432. The van der Waals surface area contributed by atoms with Gasteiger partial charge in [0, 0.05) is 19.0 Å². The van der Waals surface area contributed by atoms with Gasteiger partial charge >= 0.3 is 0 Å². The fourth-order valence-electron chi connectivity index (χ4n) is 6.27. The molecule has 9 heteroatoms. The molecule has 4 aromatic rings. The third kappa shape index (κ3) is 8.44. The molecule has 4 aromatic carbocycles. The topological polar surface area (TPSA) is 96.0 Å². The van der Waals surface area contributed by atoms with Gasteiger partial charge in [-0.25, -0.2) is 8.42 Å². The molecule has 0 bridgehead atoms. The Balaban J connectivity index is 1.60. The van der Waals surface area contributed by atoms with Crippen molar-refractivity contribution in [2.75, 3.05) is 18.0 Å². The number of ether oxygens (including phenoxy) is 1. The summed E-state index contributed by atoms with van der Waals surface area (Å²) >= 11 is 0. The summed E-state index contributed by atoms with van der Waals surface area (Å²) < 4.78 is 35.6. The maximum atomic E-state index is 14.8. The van der Waals surface area contributed by atoms with E-state index in [4.69, 9.17) is 4.74 Å². The molecule has 5 rings (SSSR count). The van der Waals surface area contributed by atoms with Crippen LogP contribution < -0.4 is 14.4 Å². The zero-order chi connectivity index (χ0) is 34.3. The highest BCUT2D eigenvalue weighted by atomic mass is 32.2. The smallest absolute Gasteiger partial charge is 0.264 e. The first kappa shape index (κ1) is 34.7. The predicted molar refractivity (Wildman–Crippen MR) is 190 cm³/mol. The van der Waals surface area contributed by atoms with E-state index in [-0.39, 0.29) is 35.5 Å². The fourth-order valence-corrected chi connectivity index (χ4v) is 7.69. The summed E-state index contributed by atoms with van der Waals surface area (Å²) in [4.78, 5) is 30.6. The van der Waals surface area contributed by atoms with Gasteiger partial charge in [0.25, 0.3) is 10.0 Å². The molecule has 1 fully saturated rings. The zero-order valence-corrected chi connectivity index (χ0v) is 29.0. The molecule has 1 N–H and O–H groups in total. The van der Waals surface area contributed by atoms with Gasteiger partial charge in [0.2, 0.25) is 11.8 Å². The first-order valence-corrected chi connectivity index (χ1v) is 17.9. The summed E-state index contributed by atoms with van der Waals surface area (Å²) in [7, 11) is -2.77. The second-order valence-electron chi connectivity index (χ2n) is 12.7. The number of hydrogen-bond donors (Lipinski definition) is 1. The maximum Gasteiger partial charge on any atom is 0.264 e. The lowest BCUT2D eigenvalue weighted by Gasteiger charge is -2.34. The van der Waals surface area contributed by atoms with Crippen LogP contribution in [0.4, 0.5) is 5.69 Å². The average molecular weight is 668 g/mol. The molecule has 1 aliphatic carbocycles. The van der Waals surface area contributed by atoms with Gasteiger partial charge in [-0.2, -0.15) is 0 Å². The van der Waals surface area contributed by atoms with E-state index in [0.717, 1.165) is 57.8 Å². The van der Waals surface area contributed by atoms with Gasteiger partial charge in [-0.1, -0.05) is 96.8 Å². The summed E-state index contributed by atoms with van der Waals surface area (Å²) in [6.45, 7) is 5.30. The van der Waals surface area contributed by atoms with Gasteiger partial charge in [-0.3, -0.25) is 13.9 Å². The summed E-state index contributed by atoms with van der Waals surface area (Å²) in [5.41, 5.74) is 4.72. The second kappa shape index (κ2) is 15.5. The number of methoxy groups -OCH3 is 1. The number of hydrogen-bond acceptors (Lipinski definition) is 5. The lowest BCUT2D eigenvalue weighted by molar-refractivity contribution is -0.140. The molecule has 1 aliphatic rings. The Morgan fingerprint density at radius 1 is 0.812 bits per heavy atom. The van der Waals surface area contributed by atoms with Gasteiger partial charge in [0.15, 0.2) is 0 Å². The van der Waals surface area contributed by atoms with E-state index in [2.05, 4.69) is 5.32 Å². The van der Waals surface area contributed by atoms with Crippen molar-refractivity contribution in [2.45, 2.75) is 76.4 Å². The number of carbonyl (C=O) groups is 2. The van der Waals surface area contributed by atoms with Crippen molar-refractivity contribution in [2.24, 2.45) is 0 Å². The summed E-state index contributed by atoms with van der Waals surface area (Å²) in [6, 6.07) is 28.4. The molecule has 1 atom stereocenters. The van der Waals surface area contributed by atoms with Crippen LogP contribution in [0.3, 0.4) is 0 Å². The molecular weight excluding hydrogens is 623 g/mol. The molecule has 0 spiro atoms. The first-order valence-electron chi connectivity index (χ1n) is 16.5. The van der Waals surface area contributed by atoms with Gasteiger partial charge in [-0.15, -0.1) is 0 Å². The largest absolute Gasteiger partial charge is 0.495 e. The molecule has 252 valence electrons. The molecule has 2 amide bonds. The minimum Gasteiger partial charge on any atom is -0.495 e. The van der Waals surface area contributed by atoms with E-state index in [1.54, 1.807) is 41.3 Å². The SMILES string of the molecule is COc1ccc(C)cc1N(CC(=O)N(Cc1cccc(C)c1)[C@@H](Cc1ccccc1)C(=O)NC1CCCC1)S(=O)(=O)c1ccc(C)cc1. The Hall–Kier alpha value is -4.63. The van der Waals surface area contributed by atoms with Crippen molar-refractivity contribution < 1.29 is 22.7 Å². The van der Waals surface area contributed by atoms with Gasteiger partial charge in [0.05, 0.1) is 17.7 Å². The number of amides is 2. The van der Waals surface area contributed by atoms with E-state index in [9.17, 15) is 18.0 Å². The first-order chi connectivity index (χ1) is 23.0. The highest BCUT2D eigenvalue weighted by Crippen LogP contribution is 2.34. The van der Waals surface area contributed by atoms with Crippen LogP contribution in [0.25, 0.3) is 0 Å². The lowest BCUT2D eigenvalue weighted by atomic mass is 10.0. The van der Waals surface area contributed by atoms with Crippen molar-refractivity contribution in [3.8, 4) is 5.75 Å². The van der Waals surface area contributed by atoms with Crippen LogP contribution >= 0.6 is 0 Å². The van der Waals surface area contributed by atoms with Crippen molar-refractivity contribution in [3.63, 3.8) is 0 Å². The Morgan fingerprint density at radius 3 is 2.12 bits per heavy atom. The van der Waals surface area contributed by atoms with Gasteiger partial charge in [-0.05, 0) is 74.6 Å². The molecular formula is C39H45N3O5S. The molecule has 0 saturated heterocycles. The van der Waals surface area contributed by atoms with Crippen LogP contribution in [-0.4, -0.2) is 50.9 Å².